The van der Waals surface area contributed by atoms with Crippen molar-refractivity contribution in [3.63, 3.8) is 0 Å². The summed E-state index contributed by atoms with van der Waals surface area (Å²) in [5.41, 5.74) is 6.33. The molecule has 1 rings (SSSR count). The zero-order valence-electron chi connectivity index (χ0n) is 17.2. The van der Waals surface area contributed by atoms with Crippen LogP contribution in [-0.4, -0.2) is 52.1 Å². The fraction of sp³-hybridized carbons (Fsp3) is 0.500. The lowest BCUT2D eigenvalue weighted by Crippen LogP contribution is -2.54. The van der Waals surface area contributed by atoms with Crippen LogP contribution in [0.2, 0.25) is 0 Å². The van der Waals surface area contributed by atoms with Crippen LogP contribution in [0.1, 0.15) is 39.7 Å². The molecule has 0 fully saturated rings. The Kier molecular flexibility index (Phi) is 11.9. The summed E-state index contributed by atoms with van der Waals surface area (Å²) in [6, 6.07) is 6.40. The lowest BCUT2D eigenvalue weighted by Gasteiger charge is -2.23. The van der Waals surface area contributed by atoms with Gasteiger partial charge < -0.3 is 26.6 Å². The summed E-state index contributed by atoms with van der Waals surface area (Å²) < 4.78 is 0. The Morgan fingerprint density at radius 1 is 0.931 bits per heavy atom. The average molecular weight is 409 g/mol. The van der Waals surface area contributed by atoms with Crippen LogP contribution < -0.4 is 16.4 Å². The fourth-order valence-corrected chi connectivity index (χ4v) is 2.33. The lowest BCUT2D eigenvalue weighted by molar-refractivity contribution is -0.142. The normalized spacial score (nSPS) is 13.3. The maximum Gasteiger partial charge on any atom is 0.326 e. The Labute approximate surface area is 170 Å². The van der Waals surface area contributed by atoms with E-state index in [1.54, 1.807) is 24.3 Å². The molecule has 0 aliphatic heterocycles. The Hall–Kier alpha value is -2.94. The molecule has 0 heterocycles. The number of rotatable bonds is 9. The molecule has 0 bridgehead atoms. The van der Waals surface area contributed by atoms with Gasteiger partial charge in [0, 0.05) is 13.3 Å². The van der Waals surface area contributed by atoms with Gasteiger partial charge in [-0.25, -0.2) is 4.79 Å². The zero-order chi connectivity index (χ0) is 22.6. The van der Waals surface area contributed by atoms with Crippen LogP contribution in [0.15, 0.2) is 30.3 Å². The van der Waals surface area contributed by atoms with Crippen molar-refractivity contribution in [1.82, 2.24) is 10.6 Å². The van der Waals surface area contributed by atoms with Crippen molar-refractivity contribution in [1.29, 1.82) is 0 Å². The predicted octanol–water partition coefficient (Wildman–Crippen LogP) is 0.768. The van der Waals surface area contributed by atoms with Crippen LogP contribution >= 0.6 is 0 Å². The van der Waals surface area contributed by atoms with Crippen molar-refractivity contribution in [2.45, 2.75) is 58.7 Å². The highest BCUT2D eigenvalue weighted by Crippen LogP contribution is 2.08. The standard InChI is InChI=1S/C18H27N3O4.C2H4O2/c1-11(2)9-14(20-16(22)12(3)19)17(23)21-15(18(24)25)10-13-7-5-4-6-8-13;1-2(3)4/h4-8,11-12,14-15H,9-10,19H2,1-3H3,(H,20,22)(H,21,23)(H,24,25);1H3,(H,3,4)/t12-,14-,15-;/m0./s1. The summed E-state index contributed by atoms with van der Waals surface area (Å²) in [6.45, 7) is 6.43. The first-order valence-electron chi connectivity index (χ1n) is 9.26. The molecular weight excluding hydrogens is 378 g/mol. The van der Waals surface area contributed by atoms with Gasteiger partial charge in [-0.2, -0.15) is 0 Å². The fourth-order valence-electron chi connectivity index (χ4n) is 2.33. The van der Waals surface area contributed by atoms with E-state index in [9.17, 15) is 19.5 Å². The molecule has 9 heteroatoms. The Balaban J connectivity index is 0.00000178. The molecule has 1 aromatic rings. The summed E-state index contributed by atoms with van der Waals surface area (Å²) >= 11 is 0. The van der Waals surface area contributed by atoms with Crippen molar-refractivity contribution in [2.24, 2.45) is 11.7 Å². The minimum Gasteiger partial charge on any atom is -0.481 e. The average Bonchev–Trinajstić information content (AvgIpc) is 2.60. The third kappa shape index (κ3) is 12.2. The van der Waals surface area contributed by atoms with E-state index in [-0.39, 0.29) is 12.3 Å². The van der Waals surface area contributed by atoms with Gasteiger partial charge >= 0.3 is 5.97 Å². The second-order valence-electron chi connectivity index (χ2n) is 7.09. The van der Waals surface area contributed by atoms with E-state index < -0.39 is 41.9 Å². The molecule has 0 spiro atoms. The Morgan fingerprint density at radius 3 is 1.83 bits per heavy atom. The summed E-state index contributed by atoms with van der Waals surface area (Å²) in [7, 11) is 0. The van der Waals surface area contributed by atoms with Gasteiger partial charge in [0.15, 0.2) is 0 Å². The van der Waals surface area contributed by atoms with Crippen molar-refractivity contribution < 1.29 is 29.4 Å². The van der Waals surface area contributed by atoms with E-state index in [0.29, 0.717) is 6.42 Å². The van der Waals surface area contributed by atoms with Crippen LogP contribution in [0, 0.1) is 5.92 Å². The topological polar surface area (TPSA) is 159 Å². The minimum absolute atomic E-state index is 0.140. The van der Waals surface area contributed by atoms with Gasteiger partial charge in [-0.1, -0.05) is 44.2 Å². The van der Waals surface area contributed by atoms with E-state index >= 15 is 0 Å². The van der Waals surface area contributed by atoms with E-state index in [1.165, 1.54) is 6.92 Å². The SMILES string of the molecule is CC(=O)O.CC(C)C[C@H](NC(=O)[C@H](C)N)C(=O)N[C@@H](Cc1ccccc1)C(=O)O. The van der Waals surface area contributed by atoms with Crippen molar-refractivity contribution in [3.05, 3.63) is 35.9 Å². The summed E-state index contributed by atoms with van der Waals surface area (Å²) in [6.07, 6.45) is 0.555. The largest absolute Gasteiger partial charge is 0.481 e. The smallest absolute Gasteiger partial charge is 0.326 e. The quantitative estimate of drug-likeness (QED) is 0.403. The molecule has 0 aliphatic carbocycles. The second-order valence-corrected chi connectivity index (χ2v) is 7.09. The van der Waals surface area contributed by atoms with Crippen molar-refractivity contribution >= 4 is 23.8 Å². The highest BCUT2D eigenvalue weighted by molar-refractivity contribution is 5.91. The van der Waals surface area contributed by atoms with Crippen LogP contribution in [0.3, 0.4) is 0 Å². The lowest BCUT2D eigenvalue weighted by atomic mass is 10.0. The number of carbonyl (C=O) groups excluding carboxylic acids is 2. The van der Waals surface area contributed by atoms with Gasteiger partial charge in [0.1, 0.15) is 12.1 Å². The highest BCUT2D eigenvalue weighted by atomic mass is 16.4. The van der Waals surface area contributed by atoms with Crippen molar-refractivity contribution in [3.8, 4) is 0 Å². The molecule has 162 valence electrons. The van der Waals surface area contributed by atoms with Crippen LogP contribution in [0.25, 0.3) is 0 Å². The maximum atomic E-state index is 12.5. The molecule has 0 radical (unpaired) electrons. The van der Waals surface area contributed by atoms with Crippen LogP contribution in [-0.2, 0) is 25.6 Å². The molecule has 0 aliphatic rings. The number of aliphatic carboxylic acids is 2. The van der Waals surface area contributed by atoms with Gasteiger partial charge in [-0.05, 0) is 24.8 Å². The molecule has 0 unspecified atom stereocenters. The Bertz CT molecular complexity index is 672. The molecule has 0 saturated heterocycles. The van der Waals surface area contributed by atoms with Crippen LogP contribution in [0.4, 0.5) is 0 Å². The zero-order valence-corrected chi connectivity index (χ0v) is 17.2. The van der Waals surface area contributed by atoms with Gasteiger partial charge in [0.25, 0.3) is 5.97 Å². The number of carboxylic acids is 2. The third-order valence-electron chi connectivity index (χ3n) is 3.65. The maximum absolute atomic E-state index is 12.5. The summed E-state index contributed by atoms with van der Waals surface area (Å²) in [5.74, 6) is -2.79. The van der Waals surface area contributed by atoms with E-state index in [4.69, 9.17) is 15.6 Å². The van der Waals surface area contributed by atoms with Gasteiger partial charge in [0.2, 0.25) is 11.8 Å². The van der Waals surface area contributed by atoms with Crippen molar-refractivity contribution in [2.75, 3.05) is 0 Å². The first-order chi connectivity index (χ1) is 13.4. The number of benzene rings is 1. The first kappa shape index (κ1) is 26.1. The number of amides is 2. The monoisotopic (exact) mass is 409 g/mol. The predicted molar refractivity (Wildman–Crippen MR) is 108 cm³/mol. The second kappa shape index (κ2) is 13.3. The molecule has 9 nitrogen and oxygen atoms in total. The summed E-state index contributed by atoms with van der Waals surface area (Å²) in [4.78, 5) is 44.8. The molecule has 2 amide bonds. The minimum atomic E-state index is -1.13. The third-order valence-corrected chi connectivity index (χ3v) is 3.65. The van der Waals surface area contributed by atoms with Gasteiger partial charge in [0.05, 0.1) is 6.04 Å². The molecule has 3 atom stereocenters. The molecule has 29 heavy (non-hydrogen) atoms. The number of nitrogens with two attached hydrogens (primary N) is 1. The number of carboxylic acid groups (broad SMARTS) is 2. The van der Waals surface area contributed by atoms with E-state index in [2.05, 4.69) is 10.6 Å². The molecule has 0 saturated carbocycles. The first-order valence-corrected chi connectivity index (χ1v) is 9.26. The van der Waals surface area contributed by atoms with E-state index in [1.807, 2.05) is 19.9 Å². The van der Waals surface area contributed by atoms with Gasteiger partial charge in [-0.3, -0.25) is 14.4 Å². The molecule has 1 aromatic carbocycles. The number of nitrogens with one attached hydrogen (secondary N) is 2. The molecular formula is C20H31N3O6. The molecule has 0 aromatic heterocycles. The molecule has 6 N–H and O–H groups in total. The van der Waals surface area contributed by atoms with E-state index in [0.717, 1.165) is 12.5 Å². The van der Waals surface area contributed by atoms with Crippen LogP contribution in [0.5, 0.6) is 0 Å². The number of hydrogen-bond donors (Lipinski definition) is 5. The van der Waals surface area contributed by atoms with Gasteiger partial charge in [-0.15, -0.1) is 0 Å². The Morgan fingerprint density at radius 2 is 1.41 bits per heavy atom. The highest BCUT2D eigenvalue weighted by Gasteiger charge is 2.27. The summed E-state index contributed by atoms with van der Waals surface area (Å²) in [5, 5.41) is 21.9. The number of hydrogen-bond acceptors (Lipinski definition) is 5. The number of carbonyl (C=O) groups is 4.